The maximum Gasteiger partial charge on any atom is 0.338 e. The van der Waals surface area contributed by atoms with Crippen LogP contribution in [0, 0.1) is 10.1 Å². The zero-order valence-corrected chi connectivity index (χ0v) is 14.8. The van der Waals surface area contributed by atoms with E-state index in [1.165, 1.54) is 43.5 Å². The van der Waals surface area contributed by atoms with Gasteiger partial charge in [-0.2, -0.15) is 0 Å². The van der Waals surface area contributed by atoms with E-state index in [0.29, 0.717) is 23.8 Å². The molecule has 0 saturated heterocycles. The standard InChI is InChI=1S/C18H18N2O7/c1-3-26-16-10-12(4-9-15(16)25-2)18(22)27-11-17(21)19-13-5-7-14(8-6-13)20(23)24/h4-10H,3,11H2,1-2H3,(H,19,21). The van der Waals surface area contributed by atoms with E-state index in [1.54, 1.807) is 13.0 Å². The lowest BCUT2D eigenvalue weighted by atomic mass is 10.2. The number of nitrogens with zero attached hydrogens (tertiary/aromatic N) is 1. The lowest BCUT2D eigenvalue weighted by Crippen LogP contribution is -2.21. The highest BCUT2D eigenvalue weighted by atomic mass is 16.6. The maximum atomic E-state index is 12.1. The molecule has 0 aromatic heterocycles. The lowest BCUT2D eigenvalue weighted by Gasteiger charge is -2.11. The summed E-state index contributed by atoms with van der Waals surface area (Å²) in [6, 6.07) is 9.82. The second-order valence-electron chi connectivity index (χ2n) is 5.23. The average Bonchev–Trinajstić information content (AvgIpc) is 2.66. The largest absolute Gasteiger partial charge is 0.493 e. The first-order chi connectivity index (χ1) is 12.9. The first-order valence-corrected chi connectivity index (χ1v) is 7.97. The molecule has 2 aromatic carbocycles. The molecule has 2 aromatic rings. The third-order valence-corrected chi connectivity index (χ3v) is 3.40. The summed E-state index contributed by atoms with van der Waals surface area (Å²) < 4.78 is 15.5. The van der Waals surface area contributed by atoms with Crippen molar-refractivity contribution in [2.45, 2.75) is 6.92 Å². The molecule has 0 saturated carbocycles. The fraction of sp³-hybridized carbons (Fsp3) is 0.222. The van der Waals surface area contributed by atoms with Gasteiger partial charge in [0.2, 0.25) is 0 Å². The van der Waals surface area contributed by atoms with E-state index in [4.69, 9.17) is 14.2 Å². The van der Waals surface area contributed by atoms with Crippen LogP contribution < -0.4 is 14.8 Å². The Labute approximate surface area is 155 Å². The van der Waals surface area contributed by atoms with Gasteiger partial charge in [0.25, 0.3) is 11.6 Å². The van der Waals surface area contributed by atoms with Gasteiger partial charge in [0.05, 0.1) is 24.2 Å². The molecule has 1 amide bonds. The number of ether oxygens (including phenoxy) is 3. The quantitative estimate of drug-likeness (QED) is 0.429. The number of methoxy groups -OCH3 is 1. The molecule has 27 heavy (non-hydrogen) atoms. The van der Waals surface area contributed by atoms with Crippen LogP contribution in [0.15, 0.2) is 42.5 Å². The van der Waals surface area contributed by atoms with Crippen molar-refractivity contribution < 1.29 is 28.7 Å². The van der Waals surface area contributed by atoms with Gasteiger partial charge in [0.15, 0.2) is 18.1 Å². The first-order valence-electron chi connectivity index (χ1n) is 7.97. The van der Waals surface area contributed by atoms with Gasteiger partial charge in [-0.3, -0.25) is 14.9 Å². The number of carbonyl (C=O) groups is 2. The second-order valence-corrected chi connectivity index (χ2v) is 5.23. The van der Waals surface area contributed by atoms with Crippen molar-refractivity contribution in [3.05, 3.63) is 58.1 Å². The number of benzene rings is 2. The molecule has 0 aliphatic rings. The zero-order chi connectivity index (χ0) is 19.8. The third kappa shape index (κ3) is 5.43. The topological polar surface area (TPSA) is 117 Å². The Morgan fingerprint density at radius 2 is 1.81 bits per heavy atom. The van der Waals surface area contributed by atoms with Crippen molar-refractivity contribution in [3.63, 3.8) is 0 Å². The molecule has 0 heterocycles. The Bertz CT molecular complexity index is 834. The summed E-state index contributed by atoms with van der Waals surface area (Å²) in [6.45, 7) is 1.69. The molecule has 9 heteroatoms. The number of hydrogen-bond donors (Lipinski definition) is 1. The molecular formula is C18H18N2O7. The highest BCUT2D eigenvalue weighted by Crippen LogP contribution is 2.28. The number of esters is 1. The van der Waals surface area contributed by atoms with Gasteiger partial charge in [-0.1, -0.05) is 0 Å². The number of nitro groups is 1. The molecule has 0 aliphatic heterocycles. The van der Waals surface area contributed by atoms with Gasteiger partial charge in [0, 0.05) is 17.8 Å². The van der Waals surface area contributed by atoms with Crippen molar-refractivity contribution >= 4 is 23.3 Å². The van der Waals surface area contributed by atoms with Crippen LogP contribution in [0.25, 0.3) is 0 Å². The number of hydrogen-bond acceptors (Lipinski definition) is 7. The van der Waals surface area contributed by atoms with E-state index in [9.17, 15) is 19.7 Å². The maximum absolute atomic E-state index is 12.1. The van der Waals surface area contributed by atoms with Crippen LogP contribution in [0.3, 0.4) is 0 Å². The molecule has 0 unspecified atom stereocenters. The van der Waals surface area contributed by atoms with Crippen LogP contribution in [0.4, 0.5) is 11.4 Å². The Hall–Kier alpha value is -3.62. The van der Waals surface area contributed by atoms with Crippen molar-refractivity contribution in [1.82, 2.24) is 0 Å². The van der Waals surface area contributed by atoms with Crippen LogP contribution in [0.5, 0.6) is 11.5 Å². The van der Waals surface area contributed by atoms with E-state index in [-0.39, 0.29) is 11.3 Å². The SMILES string of the molecule is CCOc1cc(C(=O)OCC(=O)Nc2ccc([N+](=O)[O-])cc2)ccc1OC. The predicted molar refractivity (Wildman–Crippen MR) is 96.2 cm³/mol. The number of non-ortho nitro benzene ring substituents is 1. The average molecular weight is 374 g/mol. The minimum atomic E-state index is -0.697. The Morgan fingerprint density at radius 1 is 1.11 bits per heavy atom. The van der Waals surface area contributed by atoms with Crippen LogP contribution in [0.2, 0.25) is 0 Å². The van der Waals surface area contributed by atoms with Gasteiger partial charge in [-0.15, -0.1) is 0 Å². The number of rotatable bonds is 8. The van der Waals surface area contributed by atoms with Crippen molar-refractivity contribution in [2.75, 3.05) is 25.6 Å². The van der Waals surface area contributed by atoms with Crippen molar-refractivity contribution in [3.8, 4) is 11.5 Å². The Kier molecular flexibility index (Phi) is 6.70. The van der Waals surface area contributed by atoms with E-state index >= 15 is 0 Å². The first kappa shape index (κ1) is 19.7. The summed E-state index contributed by atoms with van der Waals surface area (Å²) in [4.78, 5) is 34.0. The van der Waals surface area contributed by atoms with Gasteiger partial charge < -0.3 is 19.5 Å². The van der Waals surface area contributed by atoms with Crippen molar-refractivity contribution in [1.29, 1.82) is 0 Å². The number of anilines is 1. The lowest BCUT2D eigenvalue weighted by molar-refractivity contribution is -0.384. The molecule has 1 N–H and O–H groups in total. The van der Waals surface area contributed by atoms with Gasteiger partial charge in [0.1, 0.15) is 0 Å². The van der Waals surface area contributed by atoms with E-state index in [1.807, 2.05) is 0 Å². The Morgan fingerprint density at radius 3 is 2.41 bits per heavy atom. The van der Waals surface area contributed by atoms with Crippen LogP contribution in [-0.2, 0) is 9.53 Å². The number of nitrogens with one attached hydrogen (secondary N) is 1. The minimum Gasteiger partial charge on any atom is -0.493 e. The summed E-state index contributed by atoms with van der Waals surface area (Å²) in [5, 5.41) is 13.1. The smallest absolute Gasteiger partial charge is 0.338 e. The molecule has 2 rings (SSSR count). The van der Waals surface area contributed by atoms with E-state index in [0.717, 1.165) is 0 Å². The molecule has 0 fully saturated rings. The summed E-state index contributed by atoms with van der Waals surface area (Å²) in [7, 11) is 1.48. The minimum absolute atomic E-state index is 0.0935. The number of amides is 1. The molecule has 0 aliphatic carbocycles. The van der Waals surface area contributed by atoms with Crippen LogP contribution in [-0.4, -0.2) is 37.1 Å². The van der Waals surface area contributed by atoms with Crippen LogP contribution in [0.1, 0.15) is 17.3 Å². The number of carbonyl (C=O) groups excluding carboxylic acids is 2. The van der Waals surface area contributed by atoms with Gasteiger partial charge in [-0.05, 0) is 37.3 Å². The fourth-order valence-corrected chi connectivity index (χ4v) is 2.15. The van der Waals surface area contributed by atoms with Crippen LogP contribution >= 0.6 is 0 Å². The highest BCUT2D eigenvalue weighted by molar-refractivity contribution is 5.95. The molecule has 0 bridgehead atoms. The molecule has 0 atom stereocenters. The summed E-state index contributed by atoms with van der Waals surface area (Å²) in [5.41, 5.74) is 0.469. The monoisotopic (exact) mass is 374 g/mol. The summed E-state index contributed by atoms with van der Waals surface area (Å²) in [5.74, 6) is -0.401. The van der Waals surface area contributed by atoms with E-state index < -0.39 is 23.4 Å². The predicted octanol–water partition coefficient (Wildman–Crippen LogP) is 2.80. The highest BCUT2D eigenvalue weighted by Gasteiger charge is 2.14. The molecule has 0 spiro atoms. The van der Waals surface area contributed by atoms with E-state index in [2.05, 4.69) is 5.32 Å². The summed E-state index contributed by atoms with van der Waals surface area (Å²) in [6.07, 6.45) is 0. The molecular weight excluding hydrogens is 356 g/mol. The molecule has 0 radical (unpaired) electrons. The summed E-state index contributed by atoms with van der Waals surface area (Å²) >= 11 is 0. The fourth-order valence-electron chi connectivity index (χ4n) is 2.15. The normalized spacial score (nSPS) is 10.0. The van der Waals surface area contributed by atoms with Gasteiger partial charge in [-0.25, -0.2) is 4.79 Å². The zero-order valence-electron chi connectivity index (χ0n) is 14.8. The van der Waals surface area contributed by atoms with Crippen molar-refractivity contribution in [2.24, 2.45) is 0 Å². The second kappa shape index (κ2) is 9.18. The number of nitro benzene ring substituents is 1. The molecule has 142 valence electrons. The third-order valence-electron chi connectivity index (χ3n) is 3.40. The molecule has 9 nitrogen and oxygen atoms in total. The van der Waals surface area contributed by atoms with Gasteiger partial charge >= 0.3 is 5.97 Å². The Balaban J connectivity index is 1.93.